The van der Waals surface area contributed by atoms with Gasteiger partial charge in [0.2, 0.25) is 20.9 Å². The Balaban J connectivity index is 1.22. The number of carbonyl (C=O) groups excluding carboxylic acids is 2. The van der Waals surface area contributed by atoms with Crippen molar-refractivity contribution in [2.24, 2.45) is 17.3 Å². The fourth-order valence-electron chi connectivity index (χ4n) is 5.42. The van der Waals surface area contributed by atoms with Crippen LogP contribution in [0.3, 0.4) is 0 Å². The minimum absolute atomic E-state index is 0.0751. The summed E-state index contributed by atoms with van der Waals surface area (Å²) in [5.41, 5.74) is 0.268. The van der Waals surface area contributed by atoms with E-state index < -0.39 is 9.84 Å². The van der Waals surface area contributed by atoms with E-state index in [0.29, 0.717) is 142 Å². The standard InChI is InChI=1S/C39H65N3O12S/c1-39(2,3)37(44)35-12-10-33(11-13-35)32-54-29-28-53-27-26-52-25-24-51-23-22-50-21-20-49-19-18-48-17-16-47-15-14-40-36(43)9-7-5-6-8-34-30-41-38(42-31-34)55(4,45)46/h30-31,33,35H,5,7,9-29,32H2,1-4H3,(H,40,43). The van der Waals surface area contributed by atoms with E-state index in [-0.39, 0.29) is 22.4 Å². The number of carbonyl (C=O) groups is 2. The summed E-state index contributed by atoms with van der Waals surface area (Å²) in [4.78, 5) is 32.0. The normalized spacial score (nSPS) is 16.1. The van der Waals surface area contributed by atoms with Gasteiger partial charge < -0.3 is 43.2 Å². The second kappa shape index (κ2) is 29.6. The zero-order valence-corrected chi connectivity index (χ0v) is 34.3. The fourth-order valence-corrected chi connectivity index (χ4v) is 5.91. The van der Waals surface area contributed by atoms with Gasteiger partial charge in [0, 0.05) is 56.0 Å². The minimum Gasteiger partial charge on any atom is -0.379 e. The number of sulfone groups is 1. The molecule has 314 valence electrons. The molecule has 1 heterocycles. The molecular weight excluding hydrogens is 735 g/mol. The molecule has 15 nitrogen and oxygen atoms in total. The summed E-state index contributed by atoms with van der Waals surface area (Å²) in [5, 5.41) is 2.57. The lowest BCUT2D eigenvalue weighted by atomic mass is 9.74. The first-order chi connectivity index (χ1) is 26.5. The Morgan fingerprint density at radius 2 is 1.15 bits per heavy atom. The van der Waals surface area contributed by atoms with Crippen molar-refractivity contribution in [1.29, 1.82) is 0 Å². The van der Waals surface area contributed by atoms with Gasteiger partial charge in [-0.3, -0.25) is 9.59 Å². The van der Waals surface area contributed by atoms with Gasteiger partial charge in [-0.25, -0.2) is 18.4 Å². The van der Waals surface area contributed by atoms with Crippen LogP contribution >= 0.6 is 0 Å². The third kappa shape index (κ3) is 25.3. The lowest BCUT2D eigenvalue weighted by Gasteiger charge is -2.31. The van der Waals surface area contributed by atoms with Crippen LogP contribution in [0.4, 0.5) is 0 Å². The maximum Gasteiger partial charge on any atom is 0.246 e. The number of amides is 1. The summed E-state index contributed by atoms with van der Waals surface area (Å²) < 4.78 is 67.1. The summed E-state index contributed by atoms with van der Waals surface area (Å²) in [6, 6.07) is 0. The first-order valence-electron chi connectivity index (χ1n) is 19.4. The number of nitrogens with one attached hydrogen (secondary N) is 1. The topological polar surface area (TPSA) is 180 Å². The van der Waals surface area contributed by atoms with E-state index in [1.165, 1.54) is 12.4 Å². The number of ketones is 1. The zero-order valence-electron chi connectivity index (χ0n) is 33.5. The van der Waals surface area contributed by atoms with Crippen molar-refractivity contribution in [1.82, 2.24) is 15.3 Å². The van der Waals surface area contributed by atoms with Crippen molar-refractivity contribution in [2.75, 3.05) is 119 Å². The molecular formula is C39H65N3O12S. The maximum atomic E-state index is 12.5. The maximum absolute atomic E-state index is 12.5. The van der Waals surface area contributed by atoms with Crippen LogP contribution in [0.2, 0.25) is 0 Å². The lowest BCUT2D eigenvalue weighted by molar-refractivity contribution is -0.131. The van der Waals surface area contributed by atoms with Crippen molar-refractivity contribution in [3.63, 3.8) is 0 Å². The van der Waals surface area contributed by atoms with Crippen molar-refractivity contribution >= 4 is 21.5 Å². The highest BCUT2D eigenvalue weighted by atomic mass is 32.2. The van der Waals surface area contributed by atoms with Crippen LogP contribution in [-0.4, -0.2) is 149 Å². The molecule has 16 heteroatoms. The first-order valence-corrected chi connectivity index (χ1v) is 21.3. The van der Waals surface area contributed by atoms with Gasteiger partial charge in [0.25, 0.3) is 0 Å². The van der Waals surface area contributed by atoms with Gasteiger partial charge in [-0.15, -0.1) is 0 Å². The van der Waals surface area contributed by atoms with Crippen LogP contribution in [0.5, 0.6) is 0 Å². The third-order valence-corrected chi connectivity index (χ3v) is 9.26. The summed E-state index contributed by atoms with van der Waals surface area (Å²) in [6.45, 7) is 14.4. The van der Waals surface area contributed by atoms with E-state index in [2.05, 4.69) is 27.1 Å². The number of nitrogens with zero attached hydrogens (tertiary/aromatic N) is 2. The van der Waals surface area contributed by atoms with Gasteiger partial charge >= 0.3 is 0 Å². The van der Waals surface area contributed by atoms with Crippen molar-refractivity contribution in [3.8, 4) is 11.8 Å². The average Bonchev–Trinajstić information content (AvgIpc) is 3.15. The molecule has 0 aromatic carbocycles. The van der Waals surface area contributed by atoms with Crippen LogP contribution in [0, 0.1) is 29.1 Å². The highest BCUT2D eigenvalue weighted by Gasteiger charge is 2.32. The molecule has 1 N–H and O–H groups in total. The van der Waals surface area contributed by atoms with Gasteiger partial charge in [0.1, 0.15) is 5.78 Å². The second-order valence-electron chi connectivity index (χ2n) is 14.2. The Morgan fingerprint density at radius 3 is 1.58 bits per heavy atom. The van der Waals surface area contributed by atoms with Crippen LogP contribution in [-0.2, 0) is 57.3 Å². The molecule has 1 saturated carbocycles. The van der Waals surface area contributed by atoms with Gasteiger partial charge in [0.05, 0.1) is 105 Å². The van der Waals surface area contributed by atoms with E-state index in [1.807, 2.05) is 20.8 Å². The van der Waals surface area contributed by atoms with E-state index in [4.69, 9.17) is 37.9 Å². The highest BCUT2D eigenvalue weighted by molar-refractivity contribution is 7.90. The molecule has 1 aromatic heterocycles. The molecule has 1 aromatic rings. The number of hydrogen-bond donors (Lipinski definition) is 1. The Morgan fingerprint density at radius 1 is 0.709 bits per heavy atom. The largest absolute Gasteiger partial charge is 0.379 e. The number of unbranched alkanes of at least 4 members (excludes halogenated alkanes) is 1. The molecule has 0 unspecified atom stereocenters. The molecule has 0 spiro atoms. The smallest absolute Gasteiger partial charge is 0.246 e. The number of ether oxygens (including phenoxy) is 8. The third-order valence-electron chi connectivity index (χ3n) is 8.38. The minimum atomic E-state index is -3.44. The molecule has 0 aliphatic heterocycles. The molecule has 2 rings (SSSR count). The second-order valence-corrected chi connectivity index (χ2v) is 16.1. The number of rotatable bonds is 31. The number of Topliss-reactive ketones (excluding diaryl/α,β-unsaturated/α-hetero) is 1. The molecule has 1 aliphatic carbocycles. The summed E-state index contributed by atoms with van der Waals surface area (Å²) in [7, 11) is -3.44. The Hall–Kier alpha value is -2.59. The molecule has 1 aliphatic rings. The quantitative estimate of drug-likeness (QED) is 0.0658. The summed E-state index contributed by atoms with van der Waals surface area (Å²) in [6.07, 6.45) is 9.30. The van der Waals surface area contributed by atoms with Gasteiger partial charge in [-0.2, -0.15) is 0 Å². The molecule has 1 fully saturated rings. The fraction of sp³-hybridized carbons (Fsp3) is 0.795. The Bertz CT molecular complexity index is 1340. The van der Waals surface area contributed by atoms with Crippen molar-refractivity contribution in [2.45, 2.75) is 70.9 Å². The van der Waals surface area contributed by atoms with E-state index >= 15 is 0 Å². The predicted octanol–water partition coefficient (Wildman–Crippen LogP) is 3.07. The Labute approximate surface area is 328 Å². The SMILES string of the molecule is CC(C)(C)C(=O)C1CCC(COCCOCCOCCOCCOCCOCCOCCOCCNC(=O)CCCC#Cc2cnc(S(C)(=O)=O)nc2)CC1. The monoisotopic (exact) mass is 799 g/mol. The van der Waals surface area contributed by atoms with Crippen LogP contribution in [0.25, 0.3) is 0 Å². The Kier molecular flexibility index (Phi) is 26.2. The number of aromatic nitrogens is 2. The first kappa shape index (κ1) is 48.6. The molecule has 0 radical (unpaired) electrons. The molecule has 0 bridgehead atoms. The van der Waals surface area contributed by atoms with Gasteiger partial charge in [-0.1, -0.05) is 32.6 Å². The lowest BCUT2D eigenvalue weighted by Crippen LogP contribution is -2.32. The average molecular weight is 800 g/mol. The molecule has 1 amide bonds. The summed E-state index contributed by atoms with van der Waals surface area (Å²) in [5.74, 6) is 6.86. The van der Waals surface area contributed by atoms with Gasteiger partial charge in [-0.05, 0) is 38.0 Å². The number of hydrogen-bond acceptors (Lipinski definition) is 14. The van der Waals surface area contributed by atoms with E-state index in [9.17, 15) is 18.0 Å². The van der Waals surface area contributed by atoms with Crippen molar-refractivity contribution in [3.05, 3.63) is 18.0 Å². The van der Waals surface area contributed by atoms with E-state index in [0.717, 1.165) is 38.5 Å². The molecule has 55 heavy (non-hydrogen) atoms. The van der Waals surface area contributed by atoms with Crippen LogP contribution in [0.1, 0.15) is 71.3 Å². The predicted molar refractivity (Wildman–Crippen MR) is 205 cm³/mol. The summed E-state index contributed by atoms with van der Waals surface area (Å²) >= 11 is 0. The highest BCUT2D eigenvalue weighted by Crippen LogP contribution is 2.34. The molecule has 0 atom stereocenters. The van der Waals surface area contributed by atoms with Crippen LogP contribution in [0.15, 0.2) is 17.6 Å². The zero-order chi connectivity index (χ0) is 40.0. The molecule has 0 saturated heterocycles. The van der Waals surface area contributed by atoms with Crippen LogP contribution < -0.4 is 5.32 Å². The van der Waals surface area contributed by atoms with Crippen molar-refractivity contribution < 1.29 is 55.9 Å². The van der Waals surface area contributed by atoms with E-state index in [1.54, 1.807) is 0 Å². The van der Waals surface area contributed by atoms with Gasteiger partial charge in [0.15, 0.2) is 0 Å².